The number of benzene rings is 3. The van der Waals surface area contributed by atoms with Crippen LogP contribution < -0.4 is 20.9 Å². The predicted molar refractivity (Wildman–Crippen MR) is 124 cm³/mol. The van der Waals surface area contributed by atoms with Gasteiger partial charge in [-0.05, 0) is 49.0 Å². The fourth-order valence-corrected chi connectivity index (χ4v) is 3.02. The van der Waals surface area contributed by atoms with Gasteiger partial charge in [0.05, 0.1) is 12.2 Å². The summed E-state index contributed by atoms with van der Waals surface area (Å²) < 4.78 is 5.82. The monoisotopic (exact) mass is 433 g/mol. The third-order valence-corrected chi connectivity index (χ3v) is 4.62. The molecule has 0 aliphatic rings. The fraction of sp³-hybridized carbons (Fsp3) is 0.125. The third kappa shape index (κ3) is 6.65. The molecule has 0 atom stereocenters. The van der Waals surface area contributed by atoms with Gasteiger partial charge in [0.25, 0.3) is 11.8 Å². The SMILES string of the molecule is Cc1cccc(C(=O)NNC(=S)NC(=O)c2ccccc2OCCc2ccccc2)c1. The predicted octanol–water partition coefficient (Wildman–Crippen LogP) is 3.57. The van der Waals surface area contributed by atoms with E-state index in [1.54, 1.807) is 42.5 Å². The number of rotatable bonds is 6. The molecule has 0 spiro atoms. The lowest BCUT2D eigenvalue weighted by Crippen LogP contribution is -2.48. The molecule has 2 amide bonds. The van der Waals surface area contributed by atoms with Crippen LogP contribution >= 0.6 is 12.2 Å². The second kappa shape index (κ2) is 10.9. The van der Waals surface area contributed by atoms with E-state index in [4.69, 9.17) is 17.0 Å². The summed E-state index contributed by atoms with van der Waals surface area (Å²) in [6, 6.07) is 24.0. The molecule has 0 saturated carbocycles. The molecule has 0 aromatic heterocycles. The number of para-hydroxylation sites is 1. The van der Waals surface area contributed by atoms with Gasteiger partial charge in [0.15, 0.2) is 5.11 Å². The van der Waals surface area contributed by atoms with Gasteiger partial charge in [0.1, 0.15) is 5.75 Å². The van der Waals surface area contributed by atoms with Crippen LogP contribution in [0.25, 0.3) is 0 Å². The van der Waals surface area contributed by atoms with Crippen LogP contribution in [0.4, 0.5) is 0 Å². The maximum atomic E-state index is 12.6. The lowest BCUT2D eigenvalue weighted by atomic mass is 10.1. The lowest BCUT2D eigenvalue weighted by molar-refractivity contribution is 0.0933. The van der Waals surface area contributed by atoms with E-state index >= 15 is 0 Å². The van der Waals surface area contributed by atoms with Crippen molar-refractivity contribution >= 4 is 29.1 Å². The molecule has 6 nitrogen and oxygen atoms in total. The van der Waals surface area contributed by atoms with Crippen molar-refractivity contribution in [3.63, 3.8) is 0 Å². The number of nitrogens with one attached hydrogen (secondary N) is 3. The number of thiocarbonyl (C=S) groups is 1. The zero-order valence-electron chi connectivity index (χ0n) is 17.1. The number of hydrazine groups is 1. The van der Waals surface area contributed by atoms with E-state index in [1.807, 2.05) is 43.3 Å². The van der Waals surface area contributed by atoms with Crippen molar-refractivity contribution in [1.29, 1.82) is 0 Å². The second-order valence-corrected chi connectivity index (χ2v) is 7.22. The Morgan fingerprint density at radius 2 is 1.61 bits per heavy atom. The summed E-state index contributed by atoms with van der Waals surface area (Å²) in [5, 5.41) is 2.53. The first-order valence-electron chi connectivity index (χ1n) is 9.77. The Kier molecular flexibility index (Phi) is 7.73. The normalized spacial score (nSPS) is 10.1. The van der Waals surface area contributed by atoms with E-state index in [1.165, 1.54) is 0 Å². The largest absolute Gasteiger partial charge is 0.492 e. The maximum Gasteiger partial charge on any atom is 0.269 e. The van der Waals surface area contributed by atoms with Gasteiger partial charge in [-0.2, -0.15) is 0 Å². The first-order valence-corrected chi connectivity index (χ1v) is 10.2. The van der Waals surface area contributed by atoms with Crippen molar-refractivity contribution in [2.24, 2.45) is 0 Å². The molecule has 0 heterocycles. The zero-order valence-corrected chi connectivity index (χ0v) is 17.9. The number of hydrogen-bond acceptors (Lipinski definition) is 4. The summed E-state index contributed by atoms with van der Waals surface area (Å²) in [4.78, 5) is 24.8. The summed E-state index contributed by atoms with van der Waals surface area (Å²) >= 11 is 5.12. The molecule has 0 aliphatic heterocycles. The molecular formula is C24H23N3O3S. The van der Waals surface area contributed by atoms with Gasteiger partial charge < -0.3 is 4.74 Å². The number of carbonyl (C=O) groups excluding carboxylic acids is 2. The summed E-state index contributed by atoms with van der Waals surface area (Å²) in [7, 11) is 0. The van der Waals surface area contributed by atoms with Gasteiger partial charge in [0.2, 0.25) is 0 Å². The average molecular weight is 434 g/mol. The van der Waals surface area contributed by atoms with Crippen LogP contribution in [0.1, 0.15) is 31.8 Å². The van der Waals surface area contributed by atoms with E-state index < -0.39 is 5.91 Å². The highest BCUT2D eigenvalue weighted by atomic mass is 32.1. The second-order valence-electron chi connectivity index (χ2n) is 6.81. The molecule has 0 fully saturated rings. The molecule has 31 heavy (non-hydrogen) atoms. The summed E-state index contributed by atoms with van der Waals surface area (Å²) in [5.74, 6) is -0.329. The van der Waals surface area contributed by atoms with Gasteiger partial charge >= 0.3 is 0 Å². The average Bonchev–Trinajstić information content (AvgIpc) is 2.78. The van der Waals surface area contributed by atoms with E-state index in [0.717, 1.165) is 17.5 Å². The highest BCUT2D eigenvalue weighted by Crippen LogP contribution is 2.18. The number of carbonyl (C=O) groups is 2. The lowest BCUT2D eigenvalue weighted by Gasteiger charge is -2.13. The van der Waals surface area contributed by atoms with Crippen LogP contribution in [0.15, 0.2) is 78.9 Å². The van der Waals surface area contributed by atoms with Gasteiger partial charge in [-0.3, -0.25) is 25.8 Å². The van der Waals surface area contributed by atoms with Gasteiger partial charge in [0, 0.05) is 12.0 Å². The molecule has 3 aromatic carbocycles. The first kappa shape index (κ1) is 22.0. The van der Waals surface area contributed by atoms with Crippen molar-refractivity contribution in [3.05, 3.63) is 101 Å². The number of aryl methyl sites for hydroxylation is 1. The van der Waals surface area contributed by atoms with Crippen molar-refractivity contribution in [3.8, 4) is 5.75 Å². The molecule has 3 N–H and O–H groups in total. The van der Waals surface area contributed by atoms with Crippen molar-refractivity contribution in [2.45, 2.75) is 13.3 Å². The smallest absolute Gasteiger partial charge is 0.269 e. The Hall–Kier alpha value is -3.71. The summed E-state index contributed by atoms with van der Waals surface area (Å²) in [6.45, 7) is 2.33. The minimum absolute atomic E-state index is 0.0231. The highest BCUT2D eigenvalue weighted by Gasteiger charge is 2.14. The minimum atomic E-state index is -0.433. The number of ether oxygens (including phenoxy) is 1. The molecule has 3 aromatic rings. The quantitative estimate of drug-likeness (QED) is 0.409. The topological polar surface area (TPSA) is 79.5 Å². The molecule has 158 valence electrons. The summed E-state index contributed by atoms with van der Waals surface area (Å²) in [5.41, 5.74) is 7.97. The Labute approximate surface area is 186 Å². The Bertz CT molecular complexity index is 1070. The first-order chi connectivity index (χ1) is 15.0. The minimum Gasteiger partial charge on any atom is -0.492 e. The van der Waals surface area contributed by atoms with Crippen LogP contribution in [0, 0.1) is 6.92 Å². The molecule has 7 heteroatoms. The number of hydrogen-bond donors (Lipinski definition) is 3. The molecule has 0 unspecified atom stereocenters. The maximum absolute atomic E-state index is 12.6. The van der Waals surface area contributed by atoms with Gasteiger partial charge in [-0.1, -0.05) is 60.2 Å². The Morgan fingerprint density at radius 3 is 2.39 bits per heavy atom. The van der Waals surface area contributed by atoms with Crippen LogP contribution in [0.2, 0.25) is 0 Å². The molecular weight excluding hydrogens is 410 g/mol. The van der Waals surface area contributed by atoms with Crippen molar-refractivity contribution in [1.82, 2.24) is 16.2 Å². The summed E-state index contributed by atoms with van der Waals surface area (Å²) in [6.07, 6.45) is 0.724. The van der Waals surface area contributed by atoms with E-state index in [2.05, 4.69) is 16.2 Å². The Balaban J connectivity index is 1.52. The molecule has 0 radical (unpaired) electrons. The number of amides is 2. The van der Waals surface area contributed by atoms with E-state index in [-0.39, 0.29) is 11.0 Å². The third-order valence-electron chi connectivity index (χ3n) is 4.42. The standard InChI is InChI=1S/C24H23N3O3S/c1-17-8-7-11-19(16-17)22(28)26-27-24(31)25-23(29)20-12-5-6-13-21(20)30-15-14-18-9-3-2-4-10-18/h2-13,16H,14-15H2,1H3,(H,26,28)(H2,25,27,29,31). The van der Waals surface area contributed by atoms with E-state index in [0.29, 0.717) is 23.5 Å². The highest BCUT2D eigenvalue weighted by molar-refractivity contribution is 7.80. The van der Waals surface area contributed by atoms with Gasteiger partial charge in [-0.25, -0.2) is 0 Å². The van der Waals surface area contributed by atoms with Crippen LogP contribution in [0.3, 0.4) is 0 Å². The zero-order chi connectivity index (χ0) is 22.1. The van der Waals surface area contributed by atoms with Crippen LogP contribution in [0.5, 0.6) is 5.75 Å². The van der Waals surface area contributed by atoms with E-state index in [9.17, 15) is 9.59 Å². The van der Waals surface area contributed by atoms with Crippen LogP contribution in [-0.2, 0) is 6.42 Å². The molecule has 0 saturated heterocycles. The molecule has 0 bridgehead atoms. The molecule has 0 aliphatic carbocycles. The fourth-order valence-electron chi connectivity index (χ4n) is 2.88. The van der Waals surface area contributed by atoms with Crippen LogP contribution in [-0.4, -0.2) is 23.5 Å². The molecule has 3 rings (SSSR count). The van der Waals surface area contributed by atoms with Crippen molar-refractivity contribution in [2.75, 3.05) is 6.61 Å². The Morgan fingerprint density at radius 1 is 0.871 bits per heavy atom. The van der Waals surface area contributed by atoms with Crippen molar-refractivity contribution < 1.29 is 14.3 Å². The van der Waals surface area contributed by atoms with Gasteiger partial charge in [-0.15, -0.1) is 0 Å².